The van der Waals surface area contributed by atoms with Gasteiger partial charge in [-0.05, 0) is 62.0 Å². The lowest BCUT2D eigenvalue weighted by atomic mass is 9.80. The van der Waals surface area contributed by atoms with Gasteiger partial charge in [0.15, 0.2) is 0 Å². The van der Waals surface area contributed by atoms with Crippen molar-refractivity contribution in [2.45, 2.75) is 57.0 Å². The van der Waals surface area contributed by atoms with Crippen LogP contribution in [0.5, 0.6) is 0 Å². The number of rotatable bonds is 2. The van der Waals surface area contributed by atoms with Crippen LogP contribution in [-0.2, 0) is 36.1 Å². The molecule has 30 heavy (non-hydrogen) atoms. The number of carbonyl (C=O) groups excluding carboxylic acids is 2. The van der Waals surface area contributed by atoms with Crippen LogP contribution < -0.4 is 10.9 Å². The Morgan fingerprint density at radius 1 is 1.10 bits per heavy atom. The highest BCUT2D eigenvalue weighted by Gasteiger charge is 2.54. The number of thiophene rings is 2. The van der Waals surface area contributed by atoms with Crippen molar-refractivity contribution in [2.24, 2.45) is 0 Å². The number of aryl methyl sites for hydroxylation is 3. The number of imide groups is 1. The lowest BCUT2D eigenvalue weighted by molar-refractivity contribution is -0.132. The van der Waals surface area contributed by atoms with Crippen LogP contribution in [0.2, 0.25) is 0 Å². The minimum Gasteiger partial charge on any atom is -0.319 e. The first-order valence-corrected chi connectivity index (χ1v) is 12.0. The Bertz CT molecular complexity index is 1270. The lowest BCUT2D eigenvalue weighted by Gasteiger charge is -2.31. The average Bonchev–Trinajstić information content (AvgIpc) is 3.41. The number of H-pyrrole nitrogens is 1. The molecule has 154 valence electrons. The van der Waals surface area contributed by atoms with E-state index in [4.69, 9.17) is 0 Å². The molecule has 1 saturated heterocycles. The van der Waals surface area contributed by atoms with E-state index in [1.165, 1.54) is 9.78 Å². The quantitative estimate of drug-likeness (QED) is 0.598. The molecule has 1 unspecified atom stereocenters. The number of aromatic amines is 1. The van der Waals surface area contributed by atoms with E-state index in [0.29, 0.717) is 22.5 Å². The van der Waals surface area contributed by atoms with E-state index in [2.05, 4.69) is 15.3 Å². The number of hydrogen-bond donors (Lipinski definition) is 2. The molecule has 3 aromatic heterocycles. The van der Waals surface area contributed by atoms with Gasteiger partial charge in [0.1, 0.15) is 16.2 Å². The number of hydrogen-bond acceptors (Lipinski definition) is 6. The van der Waals surface area contributed by atoms with Crippen LogP contribution in [0, 0.1) is 0 Å². The van der Waals surface area contributed by atoms with Crippen LogP contribution in [-0.4, -0.2) is 26.8 Å². The maximum Gasteiger partial charge on any atom is 0.325 e. The van der Waals surface area contributed by atoms with E-state index in [1.54, 1.807) is 22.7 Å². The maximum absolute atomic E-state index is 13.4. The summed E-state index contributed by atoms with van der Waals surface area (Å²) in [5.41, 5.74) is 0.899. The molecule has 2 aliphatic carbocycles. The summed E-state index contributed by atoms with van der Waals surface area (Å²) in [5, 5.41) is 5.61. The third-order valence-electron chi connectivity index (χ3n) is 6.52. The average molecular weight is 441 g/mol. The molecule has 9 heteroatoms. The highest BCUT2D eigenvalue weighted by Crippen LogP contribution is 2.42. The first kappa shape index (κ1) is 18.3. The van der Waals surface area contributed by atoms with Crippen LogP contribution in [0.4, 0.5) is 4.79 Å². The zero-order valence-electron chi connectivity index (χ0n) is 16.2. The smallest absolute Gasteiger partial charge is 0.319 e. The van der Waals surface area contributed by atoms with Crippen molar-refractivity contribution in [1.29, 1.82) is 0 Å². The monoisotopic (exact) mass is 440 g/mol. The third kappa shape index (κ3) is 2.48. The molecule has 3 aliphatic rings. The van der Waals surface area contributed by atoms with Gasteiger partial charge >= 0.3 is 6.03 Å². The molecule has 1 fully saturated rings. The van der Waals surface area contributed by atoms with Gasteiger partial charge in [0.05, 0.1) is 11.9 Å². The molecule has 1 aliphatic heterocycles. The Morgan fingerprint density at radius 3 is 2.83 bits per heavy atom. The van der Waals surface area contributed by atoms with Gasteiger partial charge in [-0.3, -0.25) is 14.5 Å². The van der Waals surface area contributed by atoms with Gasteiger partial charge < -0.3 is 10.3 Å². The number of aromatic nitrogens is 2. The van der Waals surface area contributed by atoms with Crippen molar-refractivity contribution in [3.05, 3.63) is 48.5 Å². The Morgan fingerprint density at radius 2 is 1.93 bits per heavy atom. The zero-order chi connectivity index (χ0) is 20.5. The van der Waals surface area contributed by atoms with Crippen molar-refractivity contribution in [3.63, 3.8) is 0 Å². The van der Waals surface area contributed by atoms with Gasteiger partial charge in [-0.15, -0.1) is 22.7 Å². The zero-order valence-corrected chi connectivity index (χ0v) is 17.9. The molecule has 3 aromatic rings. The van der Waals surface area contributed by atoms with E-state index in [0.717, 1.165) is 54.5 Å². The molecule has 0 aromatic carbocycles. The minimum atomic E-state index is -0.975. The third-order valence-corrected chi connectivity index (χ3v) is 8.68. The molecule has 1 atom stereocenters. The van der Waals surface area contributed by atoms with Crippen LogP contribution in [0.25, 0.3) is 10.2 Å². The predicted octanol–water partition coefficient (Wildman–Crippen LogP) is 3.21. The number of amides is 3. The molecule has 1 spiro atoms. The second-order valence-corrected chi connectivity index (χ2v) is 10.3. The second kappa shape index (κ2) is 6.49. The van der Waals surface area contributed by atoms with Crippen LogP contribution in [0.3, 0.4) is 0 Å². The van der Waals surface area contributed by atoms with Crippen LogP contribution in [0.15, 0.2) is 16.2 Å². The molecule has 3 amide bonds. The summed E-state index contributed by atoms with van der Waals surface area (Å²) in [4.78, 5) is 50.8. The standard InChI is InChI=1S/C21H20N4O3S2/c26-17-16-11-4-1-2-5-13(11)30-18(16)23-15(22-17)10-25-19(27)21(24-20(25)28)8-3-6-14-12(21)7-9-29-14/h7,9H,1-6,8,10H2,(H,24,28)(H,22,23,26). The van der Waals surface area contributed by atoms with Gasteiger partial charge in [0.2, 0.25) is 0 Å². The lowest BCUT2D eigenvalue weighted by Crippen LogP contribution is -2.46. The molecule has 0 radical (unpaired) electrons. The number of urea groups is 1. The number of nitrogens with one attached hydrogen (secondary N) is 2. The van der Waals surface area contributed by atoms with Gasteiger partial charge in [-0.25, -0.2) is 9.78 Å². The van der Waals surface area contributed by atoms with E-state index >= 15 is 0 Å². The molecule has 4 heterocycles. The first-order chi connectivity index (χ1) is 14.6. The molecule has 7 nitrogen and oxygen atoms in total. The second-order valence-electron chi connectivity index (χ2n) is 8.24. The molecular formula is C21H20N4O3S2. The molecule has 2 N–H and O–H groups in total. The summed E-state index contributed by atoms with van der Waals surface area (Å²) in [5.74, 6) is 0.105. The van der Waals surface area contributed by atoms with E-state index in [1.807, 2.05) is 11.4 Å². The largest absolute Gasteiger partial charge is 0.325 e. The van der Waals surface area contributed by atoms with Crippen molar-refractivity contribution in [3.8, 4) is 0 Å². The number of fused-ring (bicyclic) bond motifs is 5. The SMILES string of the molecule is O=C1NC2(CCCc3sccc32)C(=O)N1Cc1nc2sc3c(c2c(=O)[nH]1)CCCC3. The molecule has 6 rings (SSSR count). The van der Waals surface area contributed by atoms with Gasteiger partial charge in [0, 0.05) is 15.3 Å². The van der Waals surface area contributed by atoms with Crippen LogP contribution in [0.1, 0.15) is 52.4 Å². The Kier molecular flexibility index (Phi) is 3.95. The summed E-state index contributed by atoms with van der Waals surface area (Å²) < 4.78 is 0. The van der Waals surface area contributed by atoms with E-state index < -0.39 is 11.6 Å². The molecule has 0 saturated carbocycles. The summed E-state index contributed by atoms with van der Waals surface area (Å²) in [6.07, 6.45) is 6.52. The Balaban J connectivity index is 1.36. The summed E-state index contributed by atoms with van der Waals surface area (Å²) in [6.45, 7) is -0.0281. The number of carbonyl (C=O) groups is 2. The van der Waals surface area contributed by atoms with Gasteiger partial charge in [-0.1, -0.05) is 0 Å². The topological polar surface area (TPSA) is 95.2 Å². The normalized spacial score (nSPS) is 23.1. The maximum atomic E-state index is 13.4. The van der Waals surface area contributed by atoms with Gasteiger partial charge in [-0.2, -0.15) is 0 Å². The summed E-state index contributed by atoms with van der Waals surface area (Å²) >= 11 is 3.20. The van der Waals surface area contributed by atoms with Gasteiger partial charge in [0.25, 0.3) is 11.5 Å². The summed E-state index contributed by atoms with van der Waals surface area (Å²) in [7, 11) is 0. The fourth-order valence-electron chi connectivity index (χ4n) is 5.12. The predicted molar refractivity (Wildman–Crippen MR) is 115 cm³/mol. The van der Waals surface area contributed by atoms with Crippen molar-refractivity contribution in [2.75, 3.05) is 0 Å². The van der Waals surface area contributed by atoms with E-state index in [9.17, 15) is 14.4 Å². The fraction of sp³-hybridized carbons (Fsp3) is 0.429. The molecule has 0 bridgehead atoms. The Labute approximate surface area is 180 Å². The highest BCUT2D eigenvalue weighted by molar-refractivity contribution is 7.18. The summed E-state index contributed by atoms with van der Waals surface area (Å²) in [6, 6.07) is 1.52. The van der Waals surface area contributed by atoms with Crippen LogP contribution >= 0.6 is 22.7 Å². The first-order valence-electron chi connectivity index (χ1n) is 10.3. The van der Waals surface area contributed by atoms with Crippen molar-refractivity contribution >= 4 is 44.8 Å². The van der Waals surface area contributed by atoms with Crippen molar-refractivity contribution in [1.82, 2.24) is 20.2 Å². The number of nitrogens with zero attached hydrogens (tertiary/aromatic N) is 2. The minimum absolute atomic E-state index is 0.0281. The van der Waals surface area contributed by atoms with Crippen molar-refractivity contribution < 1.29 is 9.59 Å². The highest BCUT2D eigenvalue weighted by atomic mass is 32.1. The Hall–Kier alpha value is -2.52. The van der Waals surface area contributed by atoms with E-state index in [-0.39, 0.29) is 18.0 Å². The molecular weight excluding hydrogens is 420 g/mol. The fourth-order valence-corrected chi connectivity index (χ4v) is 7.40.